The summed E-state index contributed by atoms with van der Waals surface area (Å²) in [5.41, 5.74) is 5.92. The second kappa shape index (κ2) is 5.77. The first-order chi connectivity index (χ1) is 9.67. The third-order valence-corrected chi connectivity index (χ3v) is 4.92. The standard InChI is InChI=1S/C14H23N5S/c1-10-8-18-6-4-3-5-11(18)9-19(10)13-7-12(15)16-14(17-13)20-2/h7,10-11H,3-6,8-9H2,1-2H3,(H2,15,16,17). The third-order valence-electron chi connectivity index (χ3n) is 4.38. The molecule has 2 aliphatic rings. The molecule has 2 fully saturated rings. The average molecular weight is 293 g/mol. The van der Waals surface area contributed by atoms with Crippen molar-refractivity contribution < 1.29 is 0 Å². The smallest absolute Gasteiger partial charge is 0.191 e. The number of piperazine rings is 1. The Balaban J connectivity index is 1.83. The number of nitrogens with two attached hydrogens (primary N) is 1. The van der Waals surface area contributed by atoms with Crippen LogP contribution in [0.25, 0.3) is 0 Å². The molecule has 2 N–H and O–H groups in total. The molecule has 1 aromatic heterocycles. The van der Waals surface area contributed by atoms with Crippen LogP contribution in [0.5, 0.6) is 0 Å². The lowest BCUT2D eigenvalue weighted by atomic mass is 9.97. The zero-order valence-electron chi connectivity index (χ0n) is 12.2. The van der Waals surface area contributed by atoms with Crippen LogP contribution in [0.2, 0.25) is 0 Å². The van der Waals surface area contributed by atoms with E-state index in [1.807, 2.05) is 12.3 Å². The Hall–Kier alpha value is -1.01. The number of anilines is 2. The maximum atomic E-state index is 5.92. The van der Waals surface area contributed by atoms with E-state index in [-0.39, 0.29) is 0 Å². The second-order valence-corrected chi connectivity index (χ2v) is 6.56. The number of hydrogen-bond acceptors (Lipinski definition) is 6. The highest BCUT2D eigenvalue weighted by atomic mass is 32.2. The van der Waals surface area contributed by atoms with Crippen LogP contribution < -0.4 is 10.6 Å². The van der Waals surface area contributed by atoms with Gasteiger partial charge in [0.25, 0.3) is 0 Å². The van der Waals surface area contributed by atoms with Crippen molar-refractivity contribution >= 4 is 23.4 Å². The first kappa shape index (κ1) is 13.9. The molecular formula is C14H23N5S. The van der Waals surface area contributed by atoms with Crippen molar-refractivity contribution in [3.8, 4) is 0 Å². The van der Waals surface area contributed by atoms with Crippen molar-refractivity contribution in [3.05, 3.63) is 6.07 Å². The first-order valence-electron chi connectivity index (χ1n) is 7.36. The number of nitrogen functional groups attached to an aromatic ring is 1. The molecule has 110 valence electrons. The number of aromatic nitrogens is 2. The zero-order chi connectivity index (χ0) is 14.1. The molecule has 0 radical (unpaired) electrons. The van der Waals surface area contributed by atoms with Gasteiger partial charge in [-0.25, -0.2) is 9.97 Å². The third kappa shape index (κ3) is 2.72. The normalized spacial score (nSPS) is 27.4. The Bertz CT molecular complexity index is 481. The molecule has 2 unspecified atom stereocenters. The average Bonchev–Trinajstić information content (AvgIpc) is 2.45. The lowest BCUT2D eigenvalue weighted by molar-refractivity contribution is 0.115. The molecule has 5 nitrogen and oxygen atoms in total. The Morgan fingerprint density at radius 2 is 2.15 bits per heavy atom. The van der Waals surface area contributed by atoms with E-state index in [0.717, 1.165) is 24.1 Å². The predicted octanol–water partition coefficient (Wildman–Crippen LogP) is 1.84. The van der Waals surface area contributed by atoms with Gasteiger partial charge in [0, 0.05) is 31.2 Å². The molecule has 1 aromatic rings. The monoisotopic (exact) mass is 293 g/mol. The zero-order valence-corrected chi connectivity index (χ0v) is 13.1. The quantitative estimate of drug-likeness (QED) is 0.663. The number of fused-ring (bicyclic) bond motifs is 1. The maximum Gasteiger partial charge on any atom is 0.191 e. The highest BCUT2D eigenvalue weighted by Gasteiger charge is 2.33. The molecule has 3 rings (SSSR count). The van der Waals surface area contributed by atoms with E-state index in [1.54, 1.807) is 11.8 Å². The summed E-state index contributed by atoms with van der Waals surface area (Å²) >= 11 is 1.55. The van der Waals surface area contributed by atoms with Crippen LogP contribution in [0.1, 0.15) is 26.2 Å². The van der Waals surface area contributed by atoms with Crippen LogP contribution in [0.4, 0.5) is 11.6 Å². The highest BCUT2D eigenvalue weighted by Crippen LogP contribution is 2.28. The van der Waals surface area contributed by atoms with Crippen LogP contribution in [0.15, 0.2) is 11.2 Å². The number of hydrogen-bond donors (Lipinski definition) is 1. The summed E-state index contributed by atoms with van der Waals surface area (Å²) in [6.45, 7) is 5.72. The SMILES string of the molecule is CSc1nc(N)cc(N2CC3CCCCN3CC2C)n1. The molecule has 6 heteroatoms. The number of piperidine rings is 1. The van der Waals surface area contributed by atoms with Crippen molar-refractivity contribution in [2.75, 3.05) is 36.5 Å². The van der Waals surface area contributed by atoms with Gasteiger partial charge in [0.2, 0.25) is 0 Å². The Morgan fingerprint density at radius 3 is 2.95 bits per heavy atom. The van der Waals surface area contributed by atoms with Gasteiger partial charge in [-0.3, -0.25) is 4.90 Å². The van der Waals surface area contributed by atoms with E-state index in [1.165, 1.54) is 25.8 Å². The van der Waals surface area contributed by atoms with Crippen molar-refractivity contribution in [1.82, 2.24) is 14.9 Å². The van der Waals surface area contributed by atoms with E-state index in [0.29, 0.717) is 17.9 Å². The van der Waals surface area contributed by atoms with E-state index < -0.39 is 0 Å². The predicted molar refractivity (Wildman–Crippen MR) is 84.2 cm³/mol. The van der Waals surface area contributed by atoms with Gasteiger partial charge in [-0.05, 0) is 32.6 Å². The summed E-state index contributed by atoms with van der Waals surface area (Å²) in [5, 5.41) is 0.762. The summed E-state index contributed by atoms with van der Waals surface area (Å²) < 4.78 is 0. The van der Waals surface area contributed by atoms with E-state index in [2.05, 4.69) is 26.7 Å². The minimum atomic E-state index is 0.480. The van der Waals surface area contributed by atoms with Crippen LogP contribution in [0.3, 0.4) is 0 Å². The maximum absolute atomic E-state index is 5.92. The largest absolute Gasteiger partial charge is 0.383 e. The lowest BCUT2D eigenvalue weighted by Crippen LogP contribution is -2.59. The summed E-state index contributed by atoms with van der Waals surface area (Å²) in [5.74, 6) is 1.55. The van der Waals surface area contributed by atoms with Crippen molar-refractivity contribution in [2.45, 2.75) is 43.4 Å². The fourth-order valence-corrected chi connectivity index (χ4v) is 3.72. The molecule has 3 heterocycles. The van der Waals surface area contributed by atoms with E-state index in [4.69, 9.17) is 5.73 Å². The molecule has 0 saturated carbocycles. The lowest BCUT2D eigenvalue weighted by Gasteiger charge is -2.48. The van der Waals surface area contributed by atoms with Gasteiger partial charge < -0.3 is 10.6 Å². The van der Waals surface area contributed by atoms with E-state index in [9.17, 15) is 0 Å². The van der Waals surface area contributed by atoms with Crippen molar-refractivity contribution in [1.29, 1.82) is 0 Å². The van der Waals surface area contributed by atoms with Gasteiger partial charge in [0.05, 0.1) is 0 Å². The Morgan fingerprint density at radius 1 is 1.30 bits per heavy atom. The topological polar surface area (TPSA) is 58.3 Å². The summed E-state index contributed by atoms with van der Waals surface area (Å²) in [6.07, 6.45) is 5.99. The van der Waals surface area contributed by atoms with Crippen LogP contribution in [0, 0.1) is 0 Å². The van der Waals surface area contributed by atoms with Crippen molar-refractivity contribution in [2.24, 2.45) is 0 Å². The molecule has 0 aromatic carbocycles. The summed E-state index contributed by atoms with van der Waals surface area (Å²) in [7, 11) is 0. The molecule has 0 bridgehead atoms. The van der Waals surface area contributed by atoms with Gasteiger partial charge in [0.1, 0.15) is 11.6 Å². The summed E-state index contributed by atoms with van der Waals surface area (Å²) in [6, 6.07) is 3.07. The molecule has 2 saturated heterocycles. The molecule has 0 spiro atoms. The number of nitrogens with zero attached hydrogens (tertiary/aromatic N) is 4. The minimum Gasteiger partial charge on any atom is -0.383 e. The van der Waals surface area contributed by atoms with E-state index >= 15 is 0 Å². The molecule has 0 aliphatic carbocycles. The number of thioether (sulfide) groups is 1. The molecule has 2 aliphatic heterocycles. The van der Waals surface area contributed by atoms with Crippen LogP contribution in [-0.4, -0.2) is 52.8 Å². The highest BCUT2D eigenvalue weighted by molar-refractivity contribution is 7.98. The van der Waals surface area contributed by atoms with Crippen LogP contribution >= 0.6 is 11.8 Å². The first-order valence-corrected chi connectivity index (χ1v) is 8.59. The van der Waals surface area contributed by atoms with Gasteiger partial charge >= 0.3 is 0 Å². The number of rotatable bonds is 2. The fraction of sp³-hybridized carbons (Fsp3) is 0.714. The Kier molecular flexibility index (Phi) is 4.03. The van der Waals surface area contributed by atoms with Crippen molar-refractivity contribution in [3.63, 3.8) is 0 Å². The van der Waals surface area contributed by atoms with Gasteiger partial charge in [-0.1, -0.05) is 18.2 Å². The Labute approximate surface area is 124 Å². The van der Waals surface area contributed by atoms with Gasteiger partial charge in [0.15, 0.2) is 5.16 Å². The molecular weight excluding hydrogens is 270 g/mol. The second-order valence-electron chi connectivity index (χ2n) is 5.78. The molecule has 2 atom stereocenters. The molecule has 0 amide bonds. The van der Waals surface area contributed by atoms with Gasteiger partial charge in [-0.2, -0.15) is 0 Å². The van der Waals surface area contributed by atoms with Crippen LogP contribution in [-0.2, 0) is 0 Å². The minimum absolute atomic E-state index is 0.480. The van der Waals surface area contributed by atoms with Gasteiger partial charge in [-0.15, -0.1) is 0 Å². The fourth-order valence-electron chi connectivity index (χ4n) is 3.34. The molecule has 20 heavy (non-hydrogen) atoms. The summed E-state index contributed by atoms with van der Waals surface area (Å²) in [4.78, 5) is 13.9.